The highest BCUT2D eigenvalue weighted by Gasteiger charge is 2.43. The van der Waals surface area contributed by atoms with Crippen molar-refractivity contribution in [2.24, 2.45) is 5.92 Å². The zero-order valence-electron chi connectivity index (χ0n) is 24.5. The normalized spacial score (nSPS) is 18.5. The van der Waals surface area contributed by atoms with Gasteiger partial charge < -0.3 is 30.1 Å². The molecule has 43 heavy (non-hydrogen) atoms. The number of unbranched alkanes of at least 4 members (excludes halogenated alkanes) is 1. The Morgan fingerprint density at radius 1 is 0.930 bits per heavy atom. The Morgan fingerprint density at radius 2 is 1.58 bits per heavy atom. The molecule has 9 nitrogen and oxygen atoms in total. The van der Waals surface area contributed by atoms with E-state index in [2.05, 4.69) is 22.8 Å². The van der Waals surface area contributed by atoms with Crippen molar-refractivity contribution < 1.29 is 29.0 Å². The number of nitrogens with one attached hydrogen (secondary N) is 2. The van der Waals surface area contributed by atoms with Crippen LogP contribution in [0.25, 0.3) is 0 Å². The minimum absolute atomic E-state index is 0.0728. The SMILES string of the molecule is COCCCCC1(CNC(=O)[C@H]2C[C@@H](NC(=O)Cc3ccccc3)CN(C(=O)O)C2)c2ccccc2Oc2ccccc21. The Hall–Kier alpha value is -4.37. The molecule has 2 aliphatic heterocycles. The lowest BCUT2D eigenvalue weighted by molar-refractivity contribution is -0.128. The first kappa shape index (κ1) is 30.1. The number of fused-ring (bicyclic) bond motifs is 2. The summed E-state index contributed by atoms with van der Waals surface area (Å²) in [7, 11) is 1.69. The van der Waals surface area contributed by atoms with Crippen LogP contribution >= 0.6 is 0 Å². The average Bonchev–Trinajstić information content (AvgIpc) is 3.02. The number of ether oxygens (including phenoxy) is 2. The number of rotatable bonds is 11. The molecule has 0 aromatic heterocycles. The number of nitrogens with zero attached hydrogens (tertiary/aromatic N) is 1. The molecule has 0 radical (unpaired) electrons. The lowest BCUT2D eigenvalue weighted by atomic mass is 9.69. The van der Waals surface area contributed by atoms with Gasteiger partial charge in [-0.05, 0) is 43.4 Å². The van der Waals surface area contributed by atoms with Gasteiger partial charge in [0.25, 0.3) is 0 Å². The van der Waals surface area contributed by atoms with Gasteiger partial charge in [-0.25, -0.2) is 4.79 Å². The van der Waals surface area contributed by atoms with Gasteiger partial charge in [-0.15, -0.1) is 0 Å². The van der Waals surface area contributed by atoms with Crippen molar-refractivity contribution in [1.29, 1.82) is 0 Å². The van der Waals surface area contributed by atoms with Gasteiger partial charge in [0.2, 0.25) is 11.8 Å². The fourth-order valence-corrected chi connectivity index (χ4v) is 6.38. The molecule has 3 aromatic rings. The number of benzene rings is 3. The van der Waals surface area contributed by atoms with Crippen LogP contribution in [-0.2, 0) is 26.2 Å². The van der Waals surface area contributed by atoms with Crippen LogP contribution in [0.5, 0.6) is 11.5 Å². The highest BCUT2D eigenvalue weighted by atomic mass is 16.5. The van der Waals surface area contributed by atoms with Crippen LogP contribution in [0.1, 0.15) is 42.4 Å². The molecule has 5 rings (SSSR count). The monoisotopic (exact) mass is 585 g/mol. The van der Waals surface area contributed by atoms with Crippen LogP contribution in [-0.4, -0.2) is 67.3 Å². The molecule has 2 atom stereocenters. The molecule has 1 fully saturated rings. The van der Waals surface area contributed by atoms with E-state index in [0.29, 0.717) is 19.6 Å². The molecule has 3 N–H and O–H groups in total. The summed E-state index contributed by atoms with van der Waals surface area (Å²) in [5.41, 5.74) is 2.34. The molecule has 3 aromatic carbocycles. The maximum Gasteiger partial charge on any atom is 0.407 e. The maximum atomic E-state index is 13.8. The molecule has 2 aliphatic rings. The molecule has 1 saturated heterocycles. The quantitative estimate of drug-likeness (QED) is 0.280. The van der Waals surface area contributed by atoms with Gasteiger partial charge in [0.05, 0.1) is 12.3 Å². The molecular formula is C34H39N3O6. The summed E-state index contributed by atoms with van der Waals surface area (Å²) in [6.07, 6.45) is 1.94. The minimum atomic E-state index is -1.11. The Balaban J connectivity index is 1.34. The largest absolute Gasteiger partial charge is 0.465 e. The van der Waals surface area contributed by atoms with Crippen molar-refractivity contribution in [2.75, 3.05) is 33.4 Å². The van der Waals surface area contributed by atoms with E-state index >= 15 is 0 Å². The van der Waals surface area contributed by atoms with E-state index < -0.39 is 23.5 Å². The smallest absolute Gasteiger partial charge is 0.407 e. The molecule has 226 valence electrons. The van der Waals surface area contributed by atoms with Gasteiger partial charge in [0.1, 0.15) is 11.5 Å². The van der Waals surface area contributed by atoms with Crippen LogP contribution < -0.4 is 15.4 Å². The fraction of sp³-hybridized carbons (Fsp3) is 0.382. The molecule has 9 heteroatoms. The topological polar surface area (TPSA) is 117 Å². The molecular weight excluding hydrogens is 546 g/mol. The van der Waals surface area contributed by atoms with Crippen LogP contribution in [0.3, 0.4) is 0 Å². The standard InChI is InChI=1S/C34H39N3O6/c1-42-18-10-9-17-34(27-13-5-7-15-29(27)43-30-16-8-6-14-28(30)34)23-35-32(39)25-20-26(22-37(21-25)33(40)41)36-31(38)19-24-11-3-2-4-12-24/h2-8,11-16,25-26H,9-10,17-23H2,1H3,(H,35,39)(H,36,38)(H,40,41)/t25-,26+/m0/s1. The Morgan fingerprint density at radius 3 is 2.23 bits per heavy atom. The first-order chi connectivity index (χ1) is 20.9. The van der Waals surface area contributed by atoms with Crippen molar-refractivity contribution in [2.45, 2.75) is 43.6 Å². The van der Waals surface area contributed by atoms with Crippen LogP contribution in [0.4, 0.5) is 4.79 Å². The molecule has 0 saturated carbocycles. The number of likely N-dealkylation sites (tertiary alicyclic amines) is 1. The van der Waals surface area contributed by atoms with Gasteiger partial charge in [-0.2, -0.15) is 0 Å². The zero-order chi connectivity index (χ0) is 30.2. The van der Waals surface area contributed by atoms with Gasteiger partial charge >= 0.3 is 6.09 Å². The van der Waals surface area contributed by atoms with Gasteiger partial charge in [-0.1, -0.05) is 66.7 Å². The van der Waals surface area contributed by atoms with Gasteiger partial charge in [0.15, 0.2) is 0 Å². The zero-order valence-corrected chi connectivity index (χ0v) is 24.5. The summed E-state index contributed by atoms with van der Waals surface area (Å²) >= 11 is 0. The molecule has 2 heterocycles. The van der Waals surface area contributed by atoms with Crippen molar-refractivity contribution in [3.8, 4) is 11.5 Å². The number of hydrogen-bond acceptors (Lipinski definition) is 5. The number of carboxylic acid groups (broad SMARTS) is 1. The fourth-order valence-electron chi connectivity index (χ4n) is 6.38. The first-order valence-electron chi connectivity index (χ1n) is 14.8. The highest BCUT2D eigenvalue weighted by Crippen LogP contribution is 2.50. The van der Waals surface area contributed by atoms with E-state index in [9.17, 15) is 19.5 Å². The molecule has 0 unspecified atom stereocenters. The summed E-state index contributed by atoms with van der Waals surface area (Å²) in [5, 5.41) is 16.0. The van der Waals surface area contributed by atoms with Gasteiger partial charge in [-0.3, -0.25) is 9.59 Å². The second-order valence-corrected chi connectivity index (χ2v) is 11.4. The Labute approximate surface area is 252 Å². The molecule has 0 spiro atoms. The Kier molecular flexibility index (Phi) is 9.61. The third-order valence-electron chi connectivity index (χ3n) is 8.46. The number of para-hydroxylation sites is 2. The van der Waals surface area contributed by atoms with E-state index in [0.717, 1.165) is 47.5 Å². The molecule has 3 amide bonds. The number of hydrogen-bond donors (Lipinski definition) is 3. The van der Waals surface area contributed by atoms with Crippen molar-refractivity contribution in [3.63, 3.8) is 0 Å². The number of methoxy groups -OCH3 is 1. The third kappa shape index (κ3) is 7.00. The molecule has 0 bridgehead atoms. The number of carbonyl (C=O) groups is 3. The third-order valence-corrected chi connectivity index (χ3v) is 8.46. The van der Waals surface area contributed by atoms with Gasteiger partial charge in [0, 0.05) is 55.9 Å². The van der Waals surface area contributed by atoms with E-state index in [1.54, 1.807) is 7.11 Å². The number of carbonyl (C=O) groups excluding carboxylic acids is 2. The lowest BCUT2D eigenvalue weighted by Crippen LogP contribution is -2.56. The summed E-state index contributed by atoms with van der Waals surface area (Å²) in [4.78, 5) is 39.8. The minimum Gasteiger partial charge on any atom is -0.465 e. The first-order valence-corrected chi connectivity index (χ1v) is 14.8. The summed E-state index contributed by atoms with van der Waals surface area (Å²) in [6.45, 7) is 1.18. The predicted octanol–water partition coefficient (Wildman–Crippen LogP) is 4.74. The second-order valence-electron chi connectivity index (χ2n) is 11.4. The summed E-state index contributed by atoms with van der Waals surface area (Å²) in [5.74, 6) is 0.484. The average molecular weight is 586 g/mol. The van der Waals surface area contributed by atoms with Crippen molar-refractivity contribution in [1.82, 2.24) is 15.5 Å². The molecule has 0 aliphatic carbocycles. The Bertz CT molecular complexity index is 1380. The van der Waals surface area contributed by atoms with E-state index in [1.807, 2.05) is 66.7 Å². The van der Waals surface area contributed by atoms with E-state index in [4.69, 9.17) is 9.47 Å². The van der Waals surface area contributed by atoms with E-state index in [-0.39, 0.29) is 31.3 Å². The maximum absolute atomic E-state index is 13.8. The number of amides is 3. The lowest BCUT2D eigenvalue weighted by Gasteiger charge is -2.41. The van der Waals surface area contributed by atoms with Crippen LogP contribution in [0.15, 0.2) is 78.9 Å². The second kappa shape index (κ2) is 13.7. The van der Waals surface area contributed by atoms with Crippen LogP contribution in [0, 0.1) is 5.92 Å². The van der Waals surface area contributed by atoms with Crippen LogP contribution in [0.2, 0.25) is 0 Å². The summed E-state index contributed by atoms with van der Waals surface area (Å²) < 4.78 is 11.6. The highest BCUT2D eigenvalue weighted by molar-refractivity contribution is 5.81. The number of piperidine rings is 1. The van der Waals surface area contributed by atoms with Crippen molar-refractivity contribution >= 4 is 17.9 Å². The summed E-state index contributed by atoms with van der Waals surface area (Å²) in [6, 6.07) is 24.8. The van der Waals surface area contributed by atoms with Crippen molar-refractivity contribution in [3.05, 3.63) is 95.6 Å². The van der Waals surface area contributed by atoms with E-state index in [1.165, 1.54) is 4.90 Å². The predicted molar refractivity (Wildman–Crippen MR) is 162 cm³/mol.